The van der Waals surface area contributed by atoms with Gasteiger partial charge in [0.2, 0.25) is 0 Å². The molecule has 0 aliphatic heterocycles. The number of ether oxygens (including phenoxy) is 2. The highest BCUT2D eigenvalue weighted by Crippen LogP contribution is 2.28. The smallest absolute Gasteiger partial charge is 0.254 e. The SMILES string of the molecule is CCOc1cc(C(=O)N(CC)CC(C)(C)O)ccc1OC. The molecule has 0 heterocycles. The summed E-state index contributed by atoms with van der Waals surface area (Å²) in [5.74, 6) is 1.01. The zero-order valence-electron chi connectivity index (χ0n) is 13.5. The molecule has 0 fully saturated rings. The van der Waals surface area contributed by atoms with E-state index in [2.05, 4.69) is 0 Å². The molecule has 0 atom stereocenters. The molecule has 0 aromatic heterocycles. The Kier molecular flexibility index (Phi) is 6.03. The van der Waals surface area contributed by atoms with Crippen LogP contribution in [-0.4, -0.2) is 48.3 Å². The van der Waals surface area contributed by atoms with E-state index in [0.29, 0.717) is 30.2 Å². The Hall–Kier alpha value is -1.75. The van der Waals surface area contributed by atoms with Gasteiger partial charge in [0.25, 0.3) is 5.91 Å². The summed E-state index contributed by atoms with van der Waals surface area (Å²) in [6.07, 6.45) is 0. The van der Waals surface area contributed by atoms with E-state index in [4.69, 9.17) is 9.47 Å². The van der Waals surface area contributed by atoms with Crippen LogP contribution in [0.5, 0.6) is 11.5 Å². The molecule has 118 valence electrons. The molecule has 0 aliphatic carbocycles. The lowest BCUT2D eigenvalue weighted by Gasteiger charge is -2.28. The molecule has 0 saturated carbocycles. The van der Waals surface area contributed by atoms with Gasteiger partial charge >= 0.3 is 0 Å². The van der Waals surface area contributed by atoms with Crippen LogP contribution in [0.1, 0.15) is 38.1 Å². The van der Waals surface area contributed by atoms with Gasteiger partial charge in [0.15, 0.2) is 11.5 Å². The second-order valence-corrected chi connectivity index (χ2v) is 5.43. The number of carbonyl (C=O) groups is 1. The van der Waals surface area contributed by atoms with Crippen molar-refractivity contribution in [3.05, 3.63) is 23.8 Å². The van der Waals surface area contributed by atoms with E-state index >= 15 is 0 Å². The summed E-state index contributed by atoms with van der Waals surface area (Å²) >= 11 is 0. The highest BCUT2D eigenvalue weighted by molar-refractivity contribution is 5.95. The Balaban J connectivity index is 3.02. The summed E-state index contributed by atoms with van der Waals surface area (Å²) in [4.78, 5) is 14.1. The molecule has 0 unspecified atom stereocenters. The molecule has 5 heteroatoms. The van der Waals surface area contributed by atoms with E-state index in [1.807, 2.05) is 13.8 Å². The van der Waals surface area contributed by atoms with Crippen LogP contribution < -0.4 is 9.47 Å². The maximum absolute atomic E-state index is 12.5. The van der Waals surface area contributed by atoms with Crippen LogP contribution in [-0.2, 0) is 0 Å². The Morgan fingerprint density at radius 3 is 2.43 bits per heavy atom. The van der Waals surface area contributed by atoms with Crippen LogP contribution in [0.15, 0.2) is 18.2 Å². The monoisotopic (exact) mass is 295 g/mol. The average Bonchev–Trinajstić information content (AvgIpc) is 2.43. The molecule has 1 aromatic rings. The molecule has 0 spiro atoms. The topological polar surface area (TPSA) is 59.0 Å². The molecule has 1 N–H and O–H groups in total. The molecular formula is C16H25NO4. The van der Waals surface area contributed by atoms with Crippen molar-refractivity contribution >= 4 is 5.91 Å². The minimum Gasteiger partial charge on any atom is -0.493 e. The van der Waals surface area contributed by atoms with Crippen LogP contribution in [0, 0.1) is 0 Å². The van der Waals surface area contributed by atoms with Gasteiger partial charge in [0, 0.05) is 18.7 Å². The fraction of sp³-hybridized carbons (Fsp3) is 0.562. The number of amides is 1. The summed E-state index contributed by atoms with van der Waals surface area (Å²) in [6.45, 7) is 8.43. The maximum Gasteiger partial charge on any atom is 0.254 e. The Morgan fingerprint density at radius 2 is 1.95 bits per heavy atom. The van der Waals surface area contributed by atoms with Crippen molar-refractivity contribution in [2.45, 2.75) is 33.3 Å². The van der Waals surface area contributed by atoms with E-state index in [9.17, 15) is 9.90 Å². The van der Waals surface area contributed by atoms with Crippen LogP contribution in [0.25, 0.3) is 0 Å². The molecule has 1 rings (SSSR count). The summed E-state index contributed by atoms with van der Waals surface area (Å²) in [6, 6.07) is 5.10. The fourth-order valence-corrected chi connectivity index (χ4v) is 2.05. The van der Waals surface area contributed by atoms with E-state index in [0.717, 1.165) is 0 Å². The van der Waals surface area contributed by atoms with Gasteiger partial charge in [-0.05, 0) is 45.9 Å². The van der Waals surface area contributed by atoms with E-state index in [-0.39, 0.29) is 12.5 Å². The first kappa shape index (κ1) is 17.3. The Morgan fingerprint density at radius 1 is 1.29 bits per heavy atom. The van der Waals surface area contributed by atoms with Gasteiger partial charge < -0.3 is 19.5 Å². The lowest BCUT2D eigenvalue weighted by Crippen LogP contribution is -2.42. The highest BCUT2D eigenvalue weighted by Gasteiger charge is 2.23. The van der Waals surface area contributed by atoms with Crippen molar-refractivity contribution in [1.29, 1.82) is 0 Å². The van der Waals surface area contributed by atoms with E-state index < -0.39 is 5.60 Å². The number of rotatable bonds is 7. The first-order chi connectivity index (χ1) is 9.82. The van der Waals surface area contributed by atoms with Crippen LogP contribution in [0.2, 0.25) is 0 Å². The first-order valence-corrected chi connectivity index (χ1v) is 7.14. The first-order valence-electron chi connectivity index (χ1n) is 7.14. The van der Waals surface area contributed by atoms with Gasteiger partial charge in [-0.3, -0.25) is 4.79 Å². The lowest BCUT2D eigenvalue weighted by atomic mass is 10.1. The predicted octanol–water partition coefficient (Wildman–Crippen LogP) is 2.33. The van der Waals surface area contributed by atoms with Crippen LogP contribution in [0.4, 0.5) is 0 Å². The number of carbonyl (C=O) groups excluding carboxylic acids is 1. The summed E-state index contributed by atoms with van der Waals surface area (Å²) in [5, 5.41) is 9.90. The summed E-state index contributed by atoms with van der Waals surface area (Å²) < 4.78 is 10.7. The lowest BCUT2D eigenvalue weighted by molar-refractivity contribution is 0.0314. The second-order valence-electron chi connectivity index (χ2n) is 5.43. The largest absolute Gasteiger partial charge is 0.493 e. The molecule has 0 saturated heterocycles. The molecule has 21 heavy (non-hydrogen) atoms. The minimum atomic E-state index is -0.930. The van der Waals surface area contributed by atoms with Gasteiger partial charge in [-0.15, -0.1) is 0 Å². The normalized spacial score (nSPS) is 11.1. The number of likely N-dealkylation sites (N-methyl/N-ethyl adjacent to an activating group) is 1. The zero-order chi connectivity index (χ0) is 16.0. The third-order valence-electron chi connectivity index (χ3n) is 2.96. The van der Waals surface area contributed by atoms with E-state index in [1.165, 1.54) is 0 Å². The third-order valence-corrected chi connectivity index (χ3v) is 2.96. The number of hydrogen-bond acceptors (Lipinski definition) is 4. The van der Waals surface area contributed by atoms with Gasteiger partial charge in [0.05, 0.1) is 19.3 Å². The Bertz CT molecular complexity index is 480. The summed E-state index contributed by atoms with van der Waals surface area (Å²) in [7, 11) is 1.56. The molecule has 0 radical (unpaired) electrons. The Labute approximate surface area is 126 Å². The predicted molar refractivity (Wildman–Crippen MR) is 82.0 cm³/mol. The van der Waals surface area contributed by atoms with Crippen molar-refractivity contribution in [3.63, 3.8) is 0 Å². The van der Waals surface area contributed by atoms with Crippen LogP contribution >= 0.6 is 0 Å². The van der Waals surface area contributed by atoms with Crippen molar-refractivity contribution in [2.75, 3.05) is 26.8 Å². The molecular weight excluding hydrogens is 270 g/mol. The number of benzene rings is 1. The van der Waals surface area contributed by atoms with E-state index in [1.54, 1.807) is 44.1 Å². The average molecular weight is 295 g/mol. The summed E-state index contributed by atoms with van der Waals surface area (Å²) in [5.41, 5.74) is -0.411. The fourth-order valence-electron chi connectivity index (χ4n) is 2.05. The highest BCUT2D eigenvalue weighted by atomic mass is 16.5. The third kappa shape index (κ3) is 4.93. The van der Waals surface area contributed by atoms with Crippen molar-refractivity contribution in [3.8, 4) is 11.5 Å². The number of hydrogen-bond donors (Lipinski definition) is 1. The maximum atomic E-state index is 12.5. The minimum absolute atomic E-state index is 0.136. The molecule has 1 amide bonds. The van der Waals surface area contributed by atoms with Gasteiger partial charge in [0.1, 0.15) is 0 Å². The quantitative estimate of drug-likeness (QED) is 0.838. The molecule has 5 nitrogen and oxygen atoms in total. The van der Waals surface area contributed by atoms with Crippen molar-refractivity contribution in [2.24, 2.45) is 0 Å². The standard InChI is InChI=1S/C16H25NO4/c1-6-17(11-16(3,4)19)15(18)12-8-9-13(20-5)14(10-12)21-7-2/h8-10,19H,6-7,11H2,1-5H3. The number of nitrogens with zero attached hydrogens (tertiary/aromatic N) is 1. The van der Waals surface area contributed by atoms with Gasteiger partial charge in [-0.2, -0.15) is 0 Å². The van der Waals surface area contributed by atoms with Crippen LogP contribution in [0.3, 0.4) is 0 Å². The number of methoxy groups -OCH3 is 1. The number of aliphatic hydroxyl groups is 1. The van der Waals surface area contributed by atoms with Crippen molar-refractivity contribution < 1.29 is 19.4 Å². The molecule has 1 aromatic carbocycles. The van der Waals surface area contributed by atoms with Gasteiger partial charge in [-0.1, -0.05) is 0 Å². The zero-order valence-corrected chi connectivity index (χ0v) is 13.5. The van der Waals surface area contributed by atoms with Crippen molar-refractivity contribution in [1.82, 2.24) is 4.90 Å². The van der Waals surface area contributed by atoms with Gasteiger partial charge in [-0.25, -0.2) is 0 Å². The second kappa shape index (κ2) is 7.31. The molecule has 0 aliphatic rings. The molecule has 0 bridgehead atoms.